The van der Waals surface area contributed by atoms with Crippen LogP contribution in [0.3, 0.4) is 0 Å². The zero-order chi connectivity index (χ0) is 25.5. The number of fused-ring (bicyclic) bond motifs is 1. The van der Waals surface area contributed by atoms with Crippen LogP contribution in [-0.2, 0) is 20.8 Å². The summed E-state index contributed by atoms with van der Waals surface area (Å²) in [5, 5.41) is 0. The highest BCUT2D eigenvalue weighted by Gasteiger charge is 2.31. The normalized spacial score (nSPS) is 14.6. The number of aromatic nitrogens is 1. The van der Waals surface area contributed by atoms with Crippen molar-refractivity contribution in [1.29, 1.82) is 0 Å². The third-order valence-electron chi connectivity index (χ3n) is 5.29. The Morgan fingerprint density at radius 1 is 1.11 bits per heavy atom. The summed E-state index contributed by atoms with van der Waals surface area (Å²) in [5.41, 5.74) is 7.93. The van der Waals surface area contributed by atoms with Gasteiger partial charge in [0.2, 0.25) is 11.8 Å². The Morgan fingerprint density at radius 3 is 2.61 bits per heavy atom. The van der Waals surface area contributed by atoms with E-state index in [0.717, 1.165) is 26.5 Å². The molecular weight excluding hydrogens is 533 g/mol. The van der Waals surface area contributed by atoms with Crippen LogP contribution in [0.25, 0.3) is 16.3 Å². The molecule has 36 heavy (non-hydrogen) atoms. The van der Waals surface area contributed by atoms with Gasteiger partial charge in [-0.25, -0.2) is 4.98 Å². The molecule has 0 atom stereocenters. The molecule has 2 aromatic carbocycles. The number of carbonyl (C=O) groups excluding carboxylic acids is 3. The SMILES string of the molecule is CCc1ccc(/C=C2/SC(=S)N(CCCC(=O)NNC(=O)CSc3nc4ccccc4s3)C2=O)cc1. The lowest BCUT2D eigenvalue weighted by Gasteiger charge is -2.14. The van der Waals surface area contributed by atoms with E-state index in [1.807, 2.05) is 54.6 Å². The standard InChI is InChI=1S/C25H24N4O3S4/c1-2-16-9-11-17(12-10-16)14-20-23(32)29(25(33)36-20)13-5-8-21(30)27-28-22(31)15-34-24-26-18-6-3-4-7-19(18)35-24/h3-4,6-7,9-12,14H,2,5,8,13,15H2,1H3,(H,27,30)(H,28,31)/b20-14+. The first-order chi connectivity index (χ1) is 17.4. The van der Waals surface area contributed by atoms with Crippen LogP contribution >= 0.6 is 47.1 Å². The highest BCUT2D eigenvalue weighted by molar-refractivity contribution is 8.26. The maximum Gasteiger partial charge on any atom is 0.266 e. The van der Waals surface area contributed by atoms with Crippen LogP contribution in [0.4, 0.5) is 0 Å². The largest absolute Gasteiger partial charge is 0.293 e. The average molecular weight is 557 g/mol. The van der Waals surface area contributed by atoms with Crippen molar-refractivity contribution in [1.82, 2.24) is 20.7 Å². The maximum absolute atomic E-state index is 12.8. The first-order valence-electron chi connectivity index (χ1n) is 11.3. The molecule has 0 saturated carbocycles. The third kappa shape index (κ3) is 6.94. The molecule has 186 valence electrons. The fourth-order valence-electron chi connectivity index (χ4n) is 3.37. The second kappa shape index (κ2) is 12.5. The van der Waals surface area contributed by atoms with Gasteiger partial charge in [-0.15, -0.1) is 11.3 Å². The number of rotatable bonds is 9. The van der Waals surface area contributed by atoms with Gasteiger partial charge in [-0.2, -0.15) is 0 Å². The van der Waals surface area contributed by atoms with Gasteiger partial charge in [0.25, 0.3) is 5.91 Å². The van der Waals surface area contributed by atoms with Crippen LogP contribution < -0.4 is 10.9 Å². The number of nitrogens with zero attached hydrogens (tertiary/aromatic N) is 2. The zero-order valence-corrected chi connectivity index (χ0v) is 22.7. The van der Waals surface area contributed by atoms with Gasteiger partial charge in [0, 0.05) is 13.0 Å². The summed E-state index contributed by atoms with van der Waals surface area (Å²) in [7, 11) is 0. The van der Waals surface area contributed by atoms with Crippen molar-refractivity contribution in [2.24, 2.45) is 0 Å². The molecule has 0 aliphatic carbocycles. The average Bonchev–Trinajstić information content (AvgIpc) is 3.42. The minimum absolute atomic E-state index is 0.143. The second-order valence-corrected chi connectivity index (χ2v) is 11.8. The van der Waals surface area contributed by atoms with E-state index in [2.05, 4.69) is 22.8 Å². The number of nitrogens with one attached hydrogen (secondary N) is 2. The molecule has 3 aromatic rings. The van der Waals surface area contributed by atoms with E-state index in [9.17, 15) is 14.4 Å². The first kappa shape index (κ1) is 26.3. The Kier molecular flexibility index (Phi) is 9.13. The van der Waals surface area contributed by atoms with E-state index >= 15 is 0 Å². The maximum atomic E-state index is 12.8. The molecule has 11 heteroatoms. The number of para-hydroxylation sites is 1. The van der Waals surface area contributed by atoms with Crippen molar-refractivity contribution in [2.45, 2.75) is 30.5 Å². The van der Waals surface area contributed by atoms with E-state index in [1.165, 1.54) is 45.3 Å². The predicted molar refractivity (Wildman–Crippen MR) is 152 cm³/mol. The molecule has 0 radical (unpaired) electrons. The number of hydrogen-bond acceptors (Lipinski definition) is 8. The van der Waals surface area contributed by atoms with Crippen LogP contribution in [0.1, 0.15) is 30.9 Å². The number of thiocarbonyl (C=S) groups is 1. The molecule has 1 saturated heterocycles. The van der Waals surface area contributed by atoms with Gasteiger partial charge < -0.3 is 0 Å². The van der Waals surface area contributed by atoms with E-state index in [-0.39, 0.29) is 29.9 Å². The third-order valence-corrected chi connectivity index (χ3v) is 8.84. The van der Waals surface area contributed by atoms with Crippen molar-refractivity contribution in [3.63, 3.8) is 0 Å². The van der Waals surface area contributed by atoms with Gasteiger partial charge in [0.1, 0.15) is 4.32 Å². The molecule has 0 unspecified atom stereocenters. The predicted octanol–water partition coefficient (Wildman–Crippen LogP) is 4.78. The van der Waals surface area contributed by atoms with E-state index in [4.69, 9.17) is 12.2 Å². The monoisotopic (exact) mass is 556 g/mol. The van der Waals surface area contributed by atoms with Gasteiger partial charge in [-0.3, -0.25) is 30.1 Å². The Morgan fingerprint density at radius 2 is 1.86 bits per heavy atom. The lowest BCUT2D eigenvalue weighted by Crippen LogP contribution is -2.42. The molecule has 7 nitrogen and oxygen atoms in total. The van der Waals surface area contributed by atoms with Crippen molar-refractivity contribution < 1.29 is 14.4 Å². The summed E-state index contributed by atoms with van der Waals surface area (Å²) in [4.78, 5) is 43.5. The van der Waals surface area contributed by atoms with Gasteiger partial charge in [0.15, 0.2) is 4.34 Å². The molecule has 3 amide bonds. The number of benzene rings is 2. The summed E-state index contributed by atoms with van der Waals surface area (Å²) in [5.74, 6) is -0.651. The summed E-state index contributed by atoms with van der Waals surface area (Å²) in [6, 6.07) is 15.9. The Hall–Kier alpha value is -2.73. The number of aryl methyl sites for hydroxylation is 1. The van der Waals surface area contributed by atoms with Gasteiger partial charge in [-0.1, -0.05) is 79.1 Å². The molecule has 2 heterocycles. The lowest BCUT2D eigenvalue weighted by molar-refractivity contribution is -0.128. The minimum atomic E-state index is -0.328. The molecule has 1 aromatic heterocycles. The number of amides is 3. The lowest BCUT2D eigenvalue weighted by atomic mass is 10.1. The Bertz CT molecular complexity index is 1290. The van der Waals surface area contributed by atoms with Crippen molar-refractivity contribution in [3.05, 3.63) is 64.6 Å². The summed E-state index contributed by atoms with van der Waals surface area (Å²) < 4.78 is 2.35. The fourth-order valence-corrected chi connectivity index (χ4v) is 6.55. The first-order valence-corrected chi connectivity index (χ1v) is 14.4. The summed E-state index contributed by atoms with van der Waals surface area (Å²) in [6.07, 6.45) is 3.38. The highest BCUT2D eigenvalue weighted by Crippen LogP contribution is 2.33. The molecule has 0 spiro atoms. The van der Waals surface area contributed by atoms with Crippen molar-refractivity contribution in [2.75, 3.05) is 12.3 Å². The molecule has 4 rings (SSSR count). The Labute approximate surface area is 227 Å². The van der Waals surface area contributed by atoms with Gasteiger partial charge in [-0.05, 0) is 42.2 Å². The van der Waals surface area contributed by atoms with Gasteiger partial charge >= 0.3 is 0 Å². The van der Waals surface area contributed by atoms with E-state index in [0.29, 0.717) is 22.2 Å². The van der Waals surface area contributed by atoms with Crippen LogP contribution in [-0.4, -0.2) is 44.2 Å². The molecule has 0 bridgehead atoms. The minimum Gasteiger partial charge on any atom is -0.293 e. The van der Waals surface area contributed by atoms with E-state index < -0.39 is 0 Å². The van der Waals surface area contributed by atoms with Crippen LogP contribution in [0.15, 0.2) is 57.8 Å². The van der Waals surface area contributed by atoms with Crippen molar-refractivity contribution in [3.8, 4) is 0 Å². The fraction of sp³-hybridized carbons (Fsp3) is 0.240. The van der Waals surface area contributed by atoms with Crippen LogP contribution in [0, 0.1) is 0 Å². The number of hydrazine groups is 1. The molecule has 1 aliphatic rings. The topological polar surface area (TPSA) is 91.4 Å². The van der Waals surface area contributed by atoms with Crippen molar-refractivity contribution >= 4 is 85.4 Å². The summed E-state index contributed by atoms with van der Waals surface area (Å²) in [6.45, 7) is 2.44. The number of thioether (sulfide) groups is 2. The summed E-state index contributed by atoms with van der Waals surface area (Å²) >= 11 is 9.48. The van der Waals surface area contributed by atoms with Gasteiger partial charge in [0.05, 0.1) is 20.9 Å². The molecular formula is C25H24N4O3S4. The van der Waals surface area contributed by atoms with Crippen LogP contribution in [0.5, 0.6) is 0 Å². The molecule has 1 aliphatic heterocycles. The number of hydrogen-bond donors (Lipinski definition) is 2. The number of thiazole rings is 1. The highest BCUT2D eigenvalue weighted by atomic mass is 32.2. The number of carbonyl (C=O) groups is 3. The smallest absolute Gasteiger partial charge is 0.266 e. The Balaban J connectivity index is 1.17. The zero-order valence-electron chi connectivity index (χ0n) is 19.5. The second-order valence-electron chi connectivity index (χ2n) is 7.86. The quantitative estimate of drug-likeness (QED) is 0.170. The molecule has 1 fully saturated rings. The molecule has 2 N–H and O–H groups in total. The van der Waals surface area contributed by atoms with Crippen LogP contribution in [0.2, 0.25) is 0 Å². The van der Waals surface area contributed by atoms with E-state index in [1.54, 1.807) is 0 Å².